The summed E-state index contributed by atoms with van der Waals surface area (Å²) in [5.41, 5.74) is 1.84. The van der Waals surface area contributed by atoms with E-state index in [9.17, 15) is 9.59 Å². The zero-order chi connectivity index (χ0) is 13.9. The molecule has 0 unspecified atom stereocenters. The van der Waals surface area contributed by atoms with Crippen LogP contribution in [0.4, 0.5) is 10.5 Å². The Morgan fingerprint density at radius 3 is 2.75 bits per heavy atom. The Bertz CT molecular complexity index is 636. The third kappa shape index (κ3) is 2.54. The van der Waals surface area contributed by atoms with Gasteiger partial charge in [0.05, 0.1) is 18.4 Å². The number of amides is 3. The highest BCUT2D eigenvalue weighted by Crippen LogP contribution is 2.16. The fraction of sp³-hybridized carbons (Fsp3) is 0.214. The number of carbonyl (C=O) groups excluding carboxylic acids is 2. The van der Waals surface area contributed by atoms with E-state index < -0.39 is 0 Å². The standard InChI is InChI=1S/C14H14N4O2/c19-13-6-7-18(14(20)16-13)12-8-15-17(10-12)9-11-4-2-1-3-5-11/h1-5,8,10H,6-7,9H2,(H,16,19,20). The van der Waals surface area contributed by atoms with Crippen LogP contribution >= 0.6 is 0 Å². The summed E-state index contributed by atoms with van der Waals surface area (Å²) in [4.78, 5) is 24.4. The first-order chi connectivity index (χ1) is 9.72. The molecule has 1 aromatic heterocycles. The van der Waals surface area contributed by atoms with Crippen molar-refractivity contribution < 1.29 is 9.59 Å². The molecular weight excluding hydrogens is 256 g/mol. The van der Waals surface area contributed by atoms with Crippen LogP contribution in [0.15, 0.2) is 42.7 Å². The van der Waals surface area contributed by atoms with Gasteiger partial charge in [-0.2, -0.15) is 5.10 Å². The Labute approximate surface area is 116 Å². The van der Waals surface area contributed by atoms with E-state index in [4.69, 9.17) is 0 Å². The quantitative estimate of drug-likeness (QED) is 0.916. The molecule has 0 bridgehead atoms. The maximum absolute atomic E-state index is 11.7. The van der Waals surface area contributed by atoms with Crippen molar-refractivity contribution in [1.82, 2.24) is 15.1 Å². The van der Waals surface area contributed by atoms with E-state index in [1.165, 1.54) is 4.90 Å². The highest BCUT2D eigenvalue weighted by Gasteiger charge is 2.24. The molecule has 1 aliphatic rings. The number of hydrogen-bond donors (Lipinski definition) is 1. The number of imide groups is 1. The van der Waals surface area contributed by atoms with Crippen LogP contribution in [0.25, 0.3) is 0 Å². The van der Waals surface area contributed by atoms with Gasteiger partial charge in [0.15, 0.2) is 0 Å². The molecule has 6 heteroatoms. The number of anilines is 1. The minimum Gasteiger partial charge on any atom is -0.290 e. The molecule has 0 radical (unpaired) electrons. The summed E-state index contributed by atoms with van der Waals surface area (Å²) >= 11 is 0. The van der Waals surface area contributed by atoms with E-state index in [-0.39, 0.29) is 11.9 Å². The largest absolute Gasteiger partial charge is 0.328 e. The lowest BCUT2D eigenvalue weighted by molar-refractivity contribution is -0.120. The third-order valence-corrected chi connectivity index (χ3v) is 3.17. The Hall–Kier alpha value is -2.63. The Kier molecular flexibility index (Phi) is 3.20. The van der Waals surface area contributed by atoms with Crippen molar-refractivity contribution >= 4 is 17.6 Å². The maximum atomic E-state index is 11.7. The van der Waals surface area contributed by atoms with E-state index in [1.54, 1.807) is 10.9 Å². The van der Waals surface area contributed by atoms with Gasteiger partial charge in [0, 0.05) is 19.2 Å². The fourth-order valence-electron chi connectivity index (χ4n) is 2.16. The summed E-state index contributed by atoms with van der Waals surface area (Å²) in [5, 5.41) is 6.55. The van der Waals surface area contributed by atoms with Crippen molar-refractivity contribution in [2.24, 2.45) is 0 Å². The van der Waals surface area contributed by atoms with Crippen LogP contribution in [0.5, 0.6) is 0 Å². The molecule has 20 heavy (non-hydrogen) atoms. The van der Waals surface area contributed by atoms with Crippen LogP contribution in [0.3, 0.4) is 0 Å². The van der Waals surface area contributed by atoms with Gasteiger partial charge in [-0.05, 0) is 5.56 Å². The molecule has 3 rings (SSSR count). The lowest BCUT2D eigenvalue weighted by Gasteiger charge is -2.24. The van der Waals surface area contributed by atoms with Crippen LogP contribution in [0, 0.1) is 0 Å². The molecule has 1 fully saturated rings. The van der Waals surface area contributed by atoms with Gasteiger partial charge in [-0.15, -0.1) is 0 Å². The number of hydrogen-bond acceptors (Lipinski definition) is 3. The molecular formula is C14H14N4O2. The van der Waals surface area contributed by atoms with E-state index in [0.29, 0.717) is 25.2 Å². The molecule has 1 saturated heterocycles. The summed E-state index contributed by atoms with van der Waals surface area (Å²) in [7, 11) is 0. The average molecular weight is 270 g/mol. The number of aromatic nitrogens is 2. The molecule has 2 heterocycles. The summed E-state index contributed by atoms with van der Waals surface area (Å²) in [6, 6.07) is 9.57. The van der Waals surface area contributed by atoms with Crippen LogP contribution in [0.1, 0.15) is 12.0 Å². The van der Waals surface area contributed by atoms with Crippen molar-refractivity contribution in [2.75, 3.05) is 11.4 Å². The molecule has 1 aromatic carbocycles. The Morgan fingerprint density at radius 2 is 2.00 bits per heavy atom. The molecule has 0 atom stereocenters. The first-order valence-electron chi connectivity index (χ1n) is 6.40. The van der Waals surface area contributed by atoms with Crippen LogP contribution < -0.4 is 10.2 Å². The van der Waals surface area contributed by atoms with Crippen molar-refractivity contribution in [3.8, 4) is 0 Å². The molecule has 1 N–H and O–H groups in total. The normalized spacial score (nSPS) is 15.3. The lowest BCUT2D eigenvalue weighted by Crippen LogP contribution is -2.49. The number of carbonyl (C=O) groups is 2. The zero-order valence-corrected chi connectivity index (χ0v) is 10.8. The second-order valence-electron chi connectivity index (χ2n) is 4.64. The Morgan fingerprint density at radius 1 is 1.20 bits per heavy atom. The van der Waals surface area contributed by atoms with Crippen molar-refractivity contribution in [1.29, 1.82) is 0 Å². The molecule has 6 nitrogen and oxygen atoms in total. The van der Waals surface area contributed by atoms with E-state index in [2.05, 4.69) is 10.4 Å². The van der Waals surface area contributed by atoms with Gasteiger partial charge >= 0.3 is 6.03 Å². The predicted octanol–water partition coefficient (Wildman–Crippen LogP) is 1.38. The maximum Gasteiger partial charge on any atom is 0.328 e. The van der Waals surface area contributed by atoms with Gasteiger partial charge in [-0.25, -0.2) is 4.79 Å². The van der Waals surface area contributed by atoms with Gasteiger partial charge in [0.1, 0.15) is 0 Å². The Balaban J connectivity index is 1.74. The SMILES string of the molecule is O=C1CCN(c2cnn(Cc3ccccc3)c2)C(=O)N1. The van der Waals surface area contributed by atoms with Crippen LogP contribution in [0.2, 0.25) is 0 Å². The summed E-state index contributed by atoms with van der Waals surface area (Å²) in [6.45, 7) is 1.04. The monoisotopic (exact) mass is 270 g/mol. The first-order valence-corrected chi connectivity index (χ1v) is 6.40. The average Bonchev–Trinajstić information content (AvgIpc) is 2.88. The summed E-state index contributed by atoms with van der Waals surface area (Å²) in [6.07, 6.45) is 3.76. The molecule has 0 aliphatic carbocycles. The molecule has 102 valence electrons. The zero-order valence-electron chi connectivity index (χ0n) is 10.8. The number of rotatable bonds is 3. The highest BCUT2D eigenvalue weighted by atomic mass is 16.2. The summed E-state index contributed by atoms with van der Waals surface area (Å²) in [5.74, 6) is -0.233. The minimum absolute atomic E-state index is 0.233. The molecule has 2 aromatic rings. The second kappa shape index (κ2) is 5.16. The smallest absolute Gasteiger partial charge is 0.290 e. The van der Waals surface area contributed by atoms with E-state index in [1.807, 2.05) is 36.5 Å². The third-order valence-electron chi connectivity index (χ3n) is 3.17. The number of nitrogens with one attached hydrogen (secondary N) is 1. The van der Waals surface area contributed by atoms with Crippen molar-refractivity contribution in [3.63, 3.8) is 0 Å². The molecule has 0 saturated carbocycles. The molecule has 1 aliphatic heterocycles. The van der Waals surface area contributed by atoms with E-state index in [0.717, 1.165) is 5.56 Å². The lowest BCUT2D eigenvalue weighted by atomic mass is 10.2. The number of urea groups is 1. The first kappa shape index (κ1) is 12.4. The van der Waals surface area contributed by atoms with Crippen molar-refractivity contribution in [2.45, 2.75) is 13.0 Å². The van der Waals surface area contributed by atoms with E-state index >= 15 is 0 Å². The van der Waals surface area contributed by atoms with Gasteiger partial charge in [-0.1, -0.05) is 30.3 Å². The van der Waals surface area contributed by atoms with Gasteiger partial charge < -0.3 is 0 Å². The predicted molar refractivity (Wildman–Crippen MR) is 73.3 cm³/mol. The molecule has 0 spiro atoms. The van der Waals surface area contributed by atoms with Gasteiger partial charge in [0.2, 0.25) is 5.91 Å². The summed E-state index contributed by atoms with van der Waals surface area (Å²) < 4.78 is 1.77. The second-order valence-corrected chi connectivity index (χ2v) is 4.64. The number of nitrogens with zero attached hydrogens (tertiary/aromatic N) is 3. The fourth-order valence-corrected chi connectivity index (χ4v) is 2.16. The van der Waals surface area contributed by atoms with Gasteiger partial charge in [0.25, 0.3) is 0 Å². The van der Waals surface area contributed by atoms with Crippen molar-refractivity contribution in [3.05, 3.63) is 48.3 Å². The number of benzene rings is 1. The van der Waals surface area contributed by atoms with Crippen LogP contribution in [-0.4, -0.2) is 28.3 Å². The highest BCUT2D eigenvalue weighted by molar-refractivity contribution is 6.05. The topological polar surface area (TPSA) is 67.2 Å². The molecule has 3 amide bonds. The van der Waals surface area contributed by atoms with Crippen LogP contribution in [-0.2, 0) is 11.3 Å². The van der Waals surface area contributed by atoms with Gasteiger partial charge in [-0.3, -0.25) is 19.7 Å². The minimum atomic E-state index is -0.388.